The molecule has 1 unspecified atom stereocenters. The lowest BCUT2D eigenvalue weighted by Crippen LogP contribution is -2.32. The van der Waals surface area contributed by atoms with Gasteiger partial charge in [0.25, 0.3) is 0 Å². The van der Waals surface area contributed by atoms with Crippen molar-refractivity contribution >= 4 is 33.6 Å². The van der Waals surface area contributed by atoms with E-state index in [0.29, 0.717) is 16.6 Å². The molecule has 0 radical (unpaired) electrons. The first-order valence-corrected chi connectivity index (χ1v) is 10.0. The Kier molecular flexibility index (Phi) is 6.74. The number of thiazole rings is 1. The summed E-state index contributed by atoms with van der Waals surface area (Å²) in [5.74, 6) is -0.157. The van der Waals surface area contributed by atoms with Crippen LogP contribution >= 0.6 is 22.9 Å². The highest BCUT2D eigenvalue weighted by molar-refractivity contribution is 7.13. The Labute approximate surface area is 171 Å². The van der Waals surface area contributed by atoms with E-state index in [0.717, 1.165) is 34.6 Å². The van der Waals surface area contributed by atoms with Gasteiger partial charge >= 0.3 is 4.87 Å². The standard InChI is InChI=1S/C20H22ClN3O3S/c1-12(22-11-17(25)14-3-2-4-15(21)10-14)9-13-5-7-16(8-6-13)23-19-18(26)24-20(27)28-19/h2-8,10,12,17,22-23,25-26H,9,11H2,1H3,(H,24,27)/t12?,17-/m0/s1. The van der Waals surface area contributed by atoms with Crippen LogP contribution in [0.4, 0.5) is 10.7 Å². The summed E-state index contributed by atoms with van der Waals surface area (Å²) >= 11 is 6.88. The Balaban J connectivity index is 1.50. The second-order valence-electron chi connectivity index (χ2n) is 6.60. The van der Waals surface area contributed by atoms with Crippen molar-refractivity contribution in [2.24, 2.45) is 0 Å². The number of halogens is 1. The van der Waals surface area contributed by atoms with E-state index >= 15 is 0 Å². The lowest BCUT2D eigenvalue weighted by Gasteiger charge is -2.18. The Hall–Kier alpha value is -2.32. The third-order valence-electron chi connectivity index (χ3n) is 4.28. The van der Waals surface area contributed by atoms with Crippen molar-refractivity contribution in [3.63, 3.8) is 0 Å². The van der Waals surface area contributed by atoms with Crippen LogP contribution in [0.3, 0.4) is 0 Å². The number of benzene rings is 2. The maximum atomic E-state index is 11.2. The van der Waals surface area contributed by atoms with Crippen LogP contribution in [0, 0.1) is 0 Å². The minimum absolute atomic E-state index is 0.157. The fourth-order valence-electron chi connectivity index (χ4n) is 2.83. The first-order valence-electron chi connectivity index (χ1n) is 8.85. The molecule has 0 bridgehead atoms. The average Bonchev–Trinajstić information content (AvgIpc) is 2.98. The van der Waals surface area contributed by atoms with Gasteiger partial charge in [-0.15, -0.1) is 0 Å². The predicted molar refractivity (Wildman–Crippen MR) is 114 cm³/mol. The van der Waals surface area contributed by atoms with E-state index in [4.69, 9.17) is 11.6 Å². The van der Waals surface area contributed by atoms with Gasteiger partial charge < -0.3 is 20.8 Å². The summed E-state index contributed by atoms with van der Waals surface area (Å²) in [5.41, 5.74) is 2.71. The fourth-order valence-corrected chi connectivity index (χ4v) is 3.68. The number of aromatic hydroxyl groups is 1. The maximum absolute atomic E-state index is 11.2. The second-order valence-corrected chi connectivity index (χ2v) is 8.02. The Morgan fingerprint density at radius 3 is 2.61 bits per heavy atom. The van der Waals surface area contributed by atoms with E-state index in [1.807, 2.05) is 36.4 Å². The van der Waals surface area contributed by atoms with Crippen molar-refractivity contribution in [3.05, 3.63) is 74.3 Å². The Morgan fingerprint density at radius 1 is 1.21 bits per heavy atom. The number of anilines is 2. The molecule has 3 rings (SSSR count). The smallest absolute Gasteiger partial charge is 0.309 e. The predicted octanol–water partition coefficient (Wildman–Crippen LogP) is 3.79. The van der Waals surface area contributed by atoms with Gasteiger partial charge in [0.15, 0.2) is 5.00 Å². The normalized spacial score (nSPS) is 13.2. The lowest BCUT2D eigenvalue weighted by atomic mass is 10.1. The van der Waals surface area contributed by atoms with Crippen LogP contribution in [-0.2, 0) is 6.42 Å². The molecule has 28 heavy (non-hydrogen) atoms. The third kappa shape index (κ3) is 5.59. The summed E-state index contributed by atoms with van der Waals surface area (Å²) in [5, 5.41) is 27.3. The highest BCUT2D eigenvalue weighted by Crippen LogP contribution is 2.27. The van der Waals surface area contributed by atoms with Crippen LogP contribution in [0.2, 0.25) is 5.02 Å². The molecule has 0 saturated carbocycles. The molecule has 6 nitrogen and oxygen atoms in total. The monoisotopic (exact) mass is 419 g/mol. The number of aromatic nitrogens is 1. The van der Waals surface area contributed by atoms with Gasteiger partial charge in [-0.05, 0) is 48.7 Å². The molecule has 1 aromatic heterocycles. The molecule has 1 heterocycles. The van der Waals surface area contributed by atoms with Crippen LogP contribution < -0.4 is 15.5 Å². The van der Waals surface area contributed by atoms with Crippen LogP contribution in [0.1, 0.15) is 24.2 Å². The summed E-state index contributed by atoms with van der Waals surface area (Å²) in [6, 6.07) is 15.2. The lowest BCUT2D eigenvalue weighted by molar-refractivity contribution is 0.170. The molecule has 148 valence electrons. The van der Waals surface area contributed by atoms with Gasteiger partial charge in [0.05, 0.1) is 6.10 Å². The molecule has 2 atom stereocenters. The van der Waals surface area contributed by atoms with Crippen LogP contribution in [-0.4, -0.2) is 27.8 Å². The first kappa shape index (κ1) is 20.4. The first-order chi connectivity index (χ1) is 13.4. The number of aliphatic hydroxyl groups is 1. The van der Waals surface area contributed by atoms with Gasteiger partial charge in [-0.2, -0.15) is 0 Å². The molecule has 0 fully saturated rings. The molecule has 2 aromatic carbocycles. The zero-order valence-electron chi connectivity index (χ0n) is 15.3. The molecule has 0 spiro atoms. The van der Waals surface area contributed by atoms with E-state index in [2.05, 4.69) is 22.5 Å². The fraction of sp³-hybridized carbons (Fsp3) is 0.250. The van der Waals surface area contributed by atoms with Gasteiger partial charge in [-0.3, -0.25) is 9.78 Å². The molecular formula is C20H22ClN3O3S. The van der Waals surface area contributed by atoms with Crippen molar-refractivity contribution in [2.45, 2.75) is 25.5 Å². The van der Waals surface area contributed by atoms with Gasteiger partial charge in [-0.1, -0.05) is 47.2 Å². The van der Waals surface area contributed by atoms with Crippen molar-refractivity contribution < 1.29 is 10.2 Å². The van der Waals surface area contributed by atoms with Crippen molar-refractivity contribution in [2.75, 3.05) is 11.9 Å². The molecule has 5 N–H and O–H groups in total. The molecule has 0 aliphatic carbocycles. The topological polar surface area (TPSA) is 97.4 Å². The van der Waals surface area contributed by atoms with Crippen LogP contribution in [0.25, 0.3) is 0 Å². The number of rotatable bonds is 8. The van der Waals surface area contributed by atoms with Crippen LogP contribution in [0.15, 0.2) is 53.3 Å². The minimum atomic E-state index is -0.617. The summed E-state index contributed by atoms with van der Waals surface area (Å²) < 4.78 is 0. The minimum Gasteiger partial charge on any atom is -0.492 e. The molecule has 0 saturated heterocycles. The summed E-state index contributed by atoms with van der Waals surface area (Å²) in [7, 11) is 0. The number of nitrogens with one attached hydrogen (secondary N) is 3. The number of aliphatic hydroxyl groups excluding tert-OH is 1. The number of H-pyrrole nitrogens is 1. The largest absolute Gasteiger partial charge is 0.492 e. The molecule has 0 aliphatic heterocycles. The SMILES string of the molecule is CC(Cc1ccc(Nc2sc(=O)[nH]c2O)cc1)NC[C@H](O)c1cccc(Cl)c1. The quantitative estimate of drug-likeness (QED) is 0.382. The van der Waals surface area contributed by atoms with Gasteiger partial charge in [0.2, 0.25) is 5.88 Å². The van der Waals surface area contributed by atoms with E-state index in [9.17, 15) is 15.0 Å². The molecule has 0 aliphatic rings. The molecular weight excluding hydrogens is 398 g/mol. The van der Waals surface area contributed by atoms with Crippen LogP contribution in [0.5, 0.6) is 5.88 Å². The van der Waals surface area contributed by atoms with E-state index in [1.165, 1.54) is 0 Å². The molecule has 0 amide bonds. The van der Waals surface area contributed by atoms with Gasteiger partial charge in [-0.25, -0.2) is 0 Å². The number of aromatic amines is 1. The second kappa shape index (κ2) is 9.25. The highest BCUT2D eigenvalue weighted by Gasteiger charge is 2.11. The summed E-state index contributed by atoms with van der Waals surface area (Å²) in [6.07, 6.45) is 0.180. The van der Waals surface area contributed by atoms with Gasteiger partial charge in [0.1, 0.15) is 0 Å². The molecule has 8 heteroatoms. The van der Waals surface area contributed by atoms with E-state index < -0.39 is 6.10 Å². The average molecular weight is 420 g/mol. The molecule has 3 aromatic rings. The summed E-state index contributed by atoms with van der Waals surface area (Å²) in [4.78, 5) is 13.2. The summed E-state index contributed by atoms with van der Waals surface area (Å²) in [6.45, 7) is 2.50. The zero-order chi connectivity index (χ0) is 20.1. The maximum Gasteiger partial charge on any atom is 0.309 e. The third-order valence-corrected chi connectivity index (χ3v) is 5.30. The number of hydrogen-bond acceptors (Lipinski definition) is 6. The van der Waals surface area contributed by atoms with Crippen molar-refractivity contribution in [1.29, 1.82) is 0 Å². The van der Waals surface area contributed by atoms with E-state index in [-0.39, 0.29) is 16.8 Å². The van der Waals surface area contributed by atoms with Gasteiger partial charge in [0, 0.05) is 23.3 Å². The number of hydrogen-bond donors (Lipinski definition) is 5. The van der Waals surface area contributed by atoms with E-state index in [1.54, 1.807) is 12.1 Å². The van der Waals surface area contributed by atoms with Crippen molar-refractivity contribution in [3.8, 4) is 5.88 Å². The zero-order valence-corrected chi connectivity index (χ0v) is 16.8. The Bertz CT molecular complexity index is 971. The van der Waals surface area contributed by atoms with Crippen molar-refractivity contribution in [1.82, 2.24) is 10.3 Å². The highest BCUT2D eigenvalue weighted by atomic mass is 35.5. The Morgan fingerprint density at radius 2 is 1.96 bits per heavy atom.